The van der Waals surface area contributed by atoms with E-state index < -0.39 is 11.8 Å². The van der Waals surface area contributed by atoms with Gasteiger partial charge in [-0.05, 0) is 12.1 Å². The van der Waals surface area contributed by atoms with Crippen LogP contribution in [0.25, 0.3) is 11.2 Å². The standard InChI is InChI=1S/C19H19N5O4/c1-11-14-18(28-19(11,7-25)8-27-14)24-10-22-13-15(20-9-21-16(13)24)23-17(26)12-5-3-2-4-6-12/h2-6,9-11,14,18,25H,7-8H2,1H3,(H,20,21,23,26)/t11?,14-,18+,19+/m0/s1. The molecule has 5 rings (SSSR count). The van der Waals surface area contributed by atoms with Gasteiger partial charge in [-0.1, -0.05) is 25.1 Å². The topological polar surface area (TPSA) is 111 Å². The normalized spacial score (nSPS) is 28.7. The van der Waals surface area contributed by atoms with E-state index in [9.17, 15) is 9.90 Å². The minimum Gasteiger partial charge on any atom is -0.393 e. The SMILES string of the molecule is CC1[C@@H]2OC[C@@]1(CO)O[C@H]2n1cnc2c(NC(=O)c3ccccc3)ncnc21. The van der Waals surface area contributed by atoms with Gasteiger partial charge in [-0.15, -0.1) is 0 Å². The Kier molecular flexibility index (Phi) is 3.90. The number of nitrogens with one attached hydrogen (secondary N) is 1. The predicted molar refractivity (Wildman–Crippen MR) is 98.6 cm³/mol. The van der Waals surface area contributed by atoms with Gasteiger partial charge in [-0.3, -0.25) is 9.36 Å². The molecule has 28 heavy (non-hydrogen) atoms. The lowest BCUT2D eigenvalue weighted by atomic mass is 9.91. The number of aromatic nitrogens is 4. The fourth-order valence-corrected chi connectivity index (χ4v) is 3.93. The second kappa shape index (κ2) is 6.33. The number of nitrogens with zero attached hydrogens (tertiary/aromatic N) is 4. The summed E-state index contributed by atoms with van der Waals surface area (Å²) in [5.41, 5.74) is 0.810. The van der Waals surface area contributed by atoms with Gasteiger partial charge in [0.25, 0.3) is 5.91 Å². The molecule has 2 aromatic heterocycles. The predicted octanol–water partition coefficient (Wildman–Crippen LogP) is 1.37. The molecule has 4 atom stereocenters. The average Bonchev–Trinajstić information content (AvgIpc) is 3.39. The molecule has 3 aromatic rings. The zero-order valence-corrected chi connectivity index (χ0v) is 15.1. The first-order valence-corrected chi connectivity index (χ1v) is 9.07. The summed E-state index contributed by atoms with van der Waals surface area (Å²) < 4.78 is 13.8. The molecule has 0 saturated carbocycles. The lowest BCUT2D eigenvalue weighted by molar-refractivity contribution is -0.183. The van der Waals surface area contributed by atoms with Crippen LogP contribution in [0.5, 0.6) is 0 Å². The molecule has 1 amide bonds. The van der Waals surface area contributed by atoms with Gasteiger partial charge in [0, 0.05) is 11.5 Å². The maximum absolute atomic E-state index is 12.5. The van der Waals surface area contributed by atoms with Crippen molar-refractivity contribution in [3.8, 4) is 0 Å². The maximum Gasteiger partial charge on any atom is 0.256 e. The van der Waals surface area contributed by atoms with Gasteiger partial charge < -0.3 is 19.9 Å². The quantitative estimate of drug-likeness (QED) is 0.702. The van der Waals surface area contributed by atoms with E-state index in [0.717, 1.165) is 0 Å². The zero-order chi connectivity index (χ0) is 19.3. The number of amides is 1. The first kappa shape index (κ1) is 17.2. The van der Waals surface area contributed by atoms with Crippen molar-refractivity contribution in [2.45, 2.75) is 24.9 Å². The average molecular weight is 381 g/mol. The van der Waals surface area contributed by atoms with Gasteiger partial charge in [0.1, 0.15) is 18.0 Å². The van der Waals surface area contributed by atoms with E-state index in [2.05, 4.69) is 20.3 Å². The van der Waals surface area contributed by atoms with Crippen LogP contribution in [-0.4, -0.2) is 55.5 Å². The highest BCUT2D eigenvalue weighted by molar-refractivity contribution is 6.06. The monoisotopic (exact) mass is 381 g/mol. The Labute approximate surface area is 160 Å². The number of aliphatic hydroxyl groups is 1. The van der Waals surface area contributed by atoms with E-state index in [-0.39, 0.29) is 24.5 Å². The zero-order valence-electron chi connectivity index (χ0n) is 15.1. The molecular formula is C19H19N5O4. The fraction of sp³-hybridized carbons (Fsp3) is 0.368. The van der Waals surface area contributed by atoms with Gasteiger partial charge in [-0.2, -0.15) is 0 Å². The summed E-state index contributed by atoms with van der Waals surface area (Å²) in [4.78, 5) is 25.4. The van der Waals surface area contributed by atoms with Crippen LogP contribution in [0, 0.1) is 5.92 Å². The number of rotatable bonds is 4. The summed E-state index contributed by atoms with van der Waals surface area (Å²) in [6, 6.07) is 8.89. The third-order valence-corrected chi connectivity index (χ3v) is 5.65. The number of imidazole rings is 1. The first-order chi connectivity index (χ1) is 13.6. The minimum absolute atomic E-state index is 0.0408. The number of benzene rings is 1. The number of carbonyl (C=O) groups is 1. The Balaban J connectivity index is 1.48. The van der Waals surface area contributed by atoms with Crippen molar-refractivity contribution < 1.29 is 19.4 Å². The highest BCUT2D eigenvalue weighted by Gasteiger charge is 2.59. The molecule has 9 heteroatoms. The number of ether oxygens (including phenoxy) is 2. The van der Waals surface area contributed by atoms with Crippen molar-refractivity contribution >= 4 is 22.9 Å². The van der Waals surface area contributed by atoms with E-state index in [0.29, 0.717) is 29.2 Å². The van der Waals surface area contributed by atoms with E-state index >= 15 is 0 Å². The van der Waals surface area contributed by atoms with Gasteiger partial charge >= 0.3 is 0 Å². The molecule has 0 aliphatic carbocycles. The second-order valence-corrected chi connectivity index (χ2v) is 7.16. The summed E-state index contributed by atoms with van der Waals surface area (Å²) in [5, 5.41) is 12.6. The summed E-state index contributed by atoms with van der Waals surface area (Å²) in [6.45, 7) is 2.26. The molecule has 2 saturated heterocycles. The molecule has 2 aliphatic rings. The smallest absolute Gasteiger partial charge is 0.256 e. The molecule has 9 nitrogen and oxygen atoms in total. The van der Waals surface area contributed by atoms with Crippen LogP contribution in [-0.2, 0) is 9.47 Å². The van der Waals surface area contributed by atoms with Gasteiger partial charge in [0.2, 0.25) is 0 Å². The van der Waals surface area contributed by atoms with Crippen molar-refractivity contribution in [1.29, 1.82) is 0 Å². The van der Waals surface area contributed by atoms with Crippen LogP contribution in [0.2, 0.25) is 0 Å². The first-order valence-electron chi connectivity index (χ1n) is 9.07. The highest BCUT2D eigenvalue weighted by atomic mass is 16.6. The third kappa shape index (κ3) is 2.44. The Bertz CT molecular complexity index is 1040. The summed E-state index contributed by atoms with van der Waals surface area (Å²) in [7, 11) is 0. The Morgan fingerprint density at radius 3 is 2.89 bits per heavy atom. The van der Waals surface area contributed by atoms with Gasteiger partial charge in [0.05, 0.1) is 19.5 Å². The molecule has 1 aromatic carbocycles. The van der Waals surface area contributed by atoms with Crippen molar-refractivity contribution in [3.63, 3.8) is 0 Å². The van der Waals surface area contributed by atoms with Crippen LogP contribution in [0.1, 0.15) is 23.5 Å². The number of carbonyl (C=O) groups excluding carboxylic acids is 1. The van der Waals surface area contributed by atoms with Crippen molar-refractivity contribution in [2.24, 2.45) is 5.92 Å². The Hall–Kier alpha value is -2.88. The van der Waals surface area contributed by atoms with Gasteiger partial charge in [-0.25, -0.2) is 15.0 Å². The van der Waals surface area contributed by atoms with E-state index in [1.807, 2.05) is 13.0 Å². The maximum atomic E-state index is 12.5. The van der Waals surface area contributed by atoms with Crippen LogP contribution < -0.4 is 5.32 Å². The third-order valence-electron chi connectivity index (χ3n) is 5.65. The molecule has 4 heterocycles. The van der Waals surface area contributed by atoms with Crippen LogP contribution in [0.15, 0.2) is 43.0 Å². The van der Waals surface area contributed by atoms with Gasteiger partial charge in [0.15, 0.2) is 23.2 Å². The van der Waals surface area contributed by atoms with Crippen molar-refractivity contribution in [3.05, 3.63) is 48.5 Å². The largest absolute Gasteiger partial charge is 0.393 e. The molecule has 2 N–H and O–H groups in total. The van der Waals surface area contributed by atoms with Crippen molar-refractivity contribution in [1.82, 2.24) is 19.5 Å². The molecule has 2 fully saturated rings. The van der Waals surface area contributed by atoms with Crippen LogP contribution >= 0.6 is 0 Å². The number of anilines is 1. The number of hydrogen-bond donors (Lipinski definition) is 2. The molecule has 1 unspecified atom stereocenters. The minimum atomic E-state index is -0.705. The molecule has 0 spiro atoms. The van der Waals surface area contributed by atoms with E-state index in [4.69, 9.17) is 9.47 Å². The molecular weight excluding hydrogens is 362 g/mol. The number of hydrogen-bond acceptors (Lipinski definition) is 7. The van der Waals surface area contributed by atoms with E-state index in [1.54, 1.807) is 35.2 Å². The lowest BCUT2D eigenvalue weighted by Crippen LogP contribution is -2.40. The molecule has 2 aliphatic heterocycles. The van der Waals surface area contributed by atoms with E-state index in [1.165, 1.54) is 6.33 Å². The molecule has 144 valence electrons. The van der Waals surface area contributed by atoms with Crippen LogP contribution in [0.4, 0.5) is 5.82 Å². The second-order valence-electron chi connectivity index (χ2n) is 7.16. The number of aliphatic hydroxyl groups excluding tert-OH is 1. The summed E-state index contributed by atoms with van der Waals surface area (Å²) in [5.74, 6) is 0.0909. The fourth-order valence-electron chi connectivity index (χ4n) is 3.93. The lowest BCUT2D eigenvalue weighted by Gasteiger charge is -2.30. The summed E-state index contributed by atoms with van der Waals surface area (Å²) >= 11 is 0. The van der Waals surface area contributed by atoms with Crippen LogP contribution in [0.3, 0.4) is 0 Å². The number of fused-ring (bicyclic) bond motifs is 3. The molecule has 2 bridgehead atoms. The Morgan fingerprint density at radius 2 is 2.14 bits per heavy atom. The molecule has 0 radical (unpaired) electrons. The van der Waals surface area contributed by atoms with Crippen molar-refractivity contribution in [2.75, 3.05) is 18.5 Å². The summed E-state index contributed by atoms with van der Waals surface area (Å²) in [6.07, 6.45) is 2.32. The highest BCUT2D eigenvalue weighted by Crippen LogP contribution is 2.49. The Morgan fingerprint density at radius 1 is 1.32 bits per heavy atom.